The Morgan fingerprint density at radius 3 is 1.47 bits per heavy atom. The number of hydrogen-bond donors (Lipinski definition) is 0. The quantitative estimate of drug-likeness (QED) is 0.0955. The fraction of sp³-hybridized carbons (Fsp3) is 0.558. The summed E-state index contributed by atoms with van der Waals surface area (Å²) in [6.07, 6.45) is 19.0. The van der Waals surface area contributed by atoms with Crippen molar-refractivity contribution in [2.75, 3.05) is 0 Å². The van der Waals surface area contributed by atoms with Gasteiger partial charge in [0.2, 0.25) is 0 Å². The fourth-order valence-electron chi connectivity index (χ4n) is 8.84. The Labute approximate surface area is 299 Å². The summed E-state index contributed by atoms with van der Waals surface area (Å²) in [6.45, 7) is 4.49. The predicted octanol–water partition coefficient (Wildman–Crippen LogP) is 13.3. The SMILES string of the molecule is CCCC1CCC(C2CCC(C(=O)Oc3cc(F)c(F)c(F)c3)CC2)CC1.CCCC1CCC(c2ccc(-c3cc(F)c(F)c(F)c3)cc2)CC1. The summed E-state index contributed by atoms with van der Waals surface area (Å²) >= 11 is 0. The Morgan fingerprint density at radius 2 is 1.00 bits per heavy atom. The van der Waals surface area contributed by atoms with E-state index in [1.807, 2.05) is 24.3 Å². The average molecular weight is 715 g/mol. The van der Waals surface area contributed by atoms with E-state index in [9.17, 15) is 31.1 Å². The van der Waals surface area contributed by atoms with E-state index in [2.05, 4.69) is 13.8 Å². The van der Waals surface area contributed by atoms with Crippen molar-refractivity contribution >= 4 is 5.97 Å². The third-order valence-corrected chi connectivity index (χ3v) is 11.8. The number of carbonyl (C=O) groups is 1. The van der Waals surface area contributed by atoms with Crippen LogP contribution in [0.4, 0.5) is 26.3 Å². The molecule has 0 heterocycles. The van der Waals surface area contributed by atoms with Gasteiger partial charge in [0.15, 0.2) is 34.9 Å². The maximum atomic E-state index is 13.4. The molecule has 6 rings (SSSR count). The summed E-state index contributed by atoms with van der Waals surface area (Å²) in [5.74, 6) is -5.14. The van der Waals surface area contributed by atoms with E-state index < -0.39 is 40.9 Å². The highest BCUT2D eigenvalue weighted by Crippen LogP contribution is 2.43. The molecule has 8 heteroatoms. The molecular formula is C43H52F6O2. The molecule has 278 valence electrons. The number of esters is 1. The van der Waals surface area contributed by atoms with Crippen LogP contribution in [0.2, 0.25) is 0 Å². The standard InChI is InChI=1S/C22H29F3O2.C21H23F3/c1-2-3-14-4-6-15(7-5-14)16-8-10-17(11-9-16)22(26)27-18-12-19(23)21(25)20(24)13-18;1-2-3-14-4-6-15(7-5-14)16-8-10-17(11-9-16)18-12-19(22)21(24)20(23)13-18/h12-17H,2-11H2,1H3;8-15H,2-7H2,1H3. The van der Waals surface area contributed by atoms with Crippen molar-refractivity contribution in [2.45, 2.75) is 122 Å². The molecule has 0 radical (unpaired) electrons. The first kappa shape index (κ1) is 38.9. The summed E-state index contributed by atoms with van der Waals surface area (Å²) in [6, 6.07) is 11.4. The van der Waals surface area contributed by atoms with Crippen molar-refractivity contribution in [1.29, 1.82) is 0 Å². The third-order valence-electron chi connectivity index (χ3n) is 11.8. The zero-order valence-electron chi connectivity index (χ0n) is 30.0. The third kappa shape index (κ3) is 10.4. The van der Waals surface area contributed by atoms with Gasteiger partial charge in [-0.15, -0.1) is 0 Å². The summed E-state index contributed by atoms with van der Waals surface area (Å²) in [5.41, 5.74) is 2.36. The summed E-state index contributed by atoms with van der Waals surface area (Å²) in [4.78, 5) is 12.3. The van der Waals surface area contributed by atoms with Gasteiger partial charge in [-0.1, -0.05) is 76.6 Å². The van der Waals surface area contributed by atoms with Crippen LogP contribution < -0.4 is 4.74 Å². The van der Waals surface area contributed by atoms with Crippen LogP contribution in [-0.4, -0.2) is 5.97 Å². The van der Waals surface area contributed by atoms with Crippen LogP contribution in [0.3, 0.4) is 0 Å². The van der Waals surface area contributed by atoms with Crippen molar-refractivity contribution in [3.8, 4) is 16.9 Å². The molecule has 0 amide bonds. The van der Waals surface area contributed by atoms with Crippen molar-refractivity contribution in [2.24, 2.45) is 29.6 Å². The molecule has 2 nitrogen and oxygen atoms in total. The molecular weight excluding hydrogens is 662 g/mol. The molecule has 3 aromatic carbocycles. The highest BCUT2D eigenvalue weighted by Gasteiger charge is 2.34. The van der Waals surface area contributed by atoms with Crippen LogP contribution in [0.15, 0.2) is 48.5 Å². The van der Waals surface area contributed by atoms with Gasteiger partial charge >= 0.3 is 5.97 Å². The summed E-state index contributed by atoms with van der Waals surface area (Å²) < 4.78 is 84.5. The zero-order chi connectivity index (χ0) is 36.5. The van der Waals surface area contributed by atoms with Gasteiger partial charge in [0.25, 0.3) is 0 Å². The number of hydrogen-bond acceptors (Lipinski definition) is 2. The van der Waals surface area contributed by atoms with E-state index in [1.165, 1.54) is 82.6 Å². The first-order chi connectivity index (χ1) is 24.6. The summed E-state index contributed by atoms with van der Waals surface area (Å²) in [7, 11) is 0. The van der Waals surface area contributed by atoms with Crippen LogP contribution >= 0.6 is 0 Å². The number of benzene rings is 3. The van der Waals surface area contributed by atoms with E-state index in [1.54, 1.807) is 0 Å². The fourth-order valence-corrected chi connectivity index (χ4v) is 8.84. The minimum absolute atomic E-state index is 0.242. The monoisotopic (exact) mass is 714 g/mol. The highest BCUT2D eigenvalue weighted by molar-refractivity contribution is 5.75. The van der Waals surface area contributed by atoms with Crippen LogP contribution in [0.25, 0.3) is 11.1 Å². The van der Waals surface area contributed by atoms with Crippen molar-refractivity contribution in [1.82, 2.24) is 0 Å². The Hall–Kier alpha value is -3.29. The van der Waals surface area contributed by atoms with Crippen LogP contribution in [0, 0.1) is 64.5 Å². The minimum Gasteiger partial charge on any atom is -0.426 e. The molecule has 0 spiro atoms. The first-order valence-corrected chi connectivity index (χ1v) is 19.2. The molecule has 0 atom stereocenters. The molecule has 3 fully saturated rings. The minimum atomic E-state index is -1.55. The topological polar surface area (TPSA) is 26.3 Å². The molecule has 0 saturated heterocycles. The van der Waals surface area contributed by atoms with Crippen molar-refractivity contribution in [3.05, 3.63) is 89.0 Å². The second-order valence-corrected chi connectivity index (χ2v) is 15.2. The van der Waals surface area contributed by atoms with Gasteiger partial charge in [-0.3, -0.25) is 4.79 Å². The van der Waals surface area contributed by atoms with Crippen LogP contribution in [0.1, 0.15) is 128 Å². The Balaban J connectivity index is 0.000000199. The molecule has 0 aromatic heterocycles. The maximum Gasteiger partial charge on any atom is 0.314 e. The van der Waals surface area contributed by atoms with E-state index in [0.717, 1.165) is 67.7 Å². The second kappa shape index (κ2) is 18.5. The molecule has 0 bridgehead atoms. The van der Waals surface area contributed by atoms with Crippen molar-refractivity contribution < 1.29 is 35.9 Å². The zero-order valence-corrected chi connectivity index (χ0v) is 30.0. The summed E-state index contributed by atoms with van der Waals surface area (Å²) in [5, 5.41) is 0. The van der Waals surface area contributed by atoms with Gasteiger partial charge in [0, 0.05) is 12.1 Å². The first-order valence-electron chi connectivity index (χ1n) is 19.2. The lowest BCUT2D eigenvalue weighted by atomic mass is 9.69. The van der Waals surface area contributed by atoms with E-state index in [-0.39, 0.29) is 11.7 Å². The Kier molecular flexibility index (Phi) is 14.1. The Morgan fingerprint density at radius 1 is 0.569 bits per heavy atom. The largest absolute Gasteiger partial charge is 0.426 e. The lowest BCUT2D eigenvalue weighted by molar-refractivity contribution is -0.140. The van der Waals surface area contributed by atoms with E-state index in [4.69, 9.17) is 4.74 Å². The van der Waals surface area contributed by atoms with E-state index in [0.29, 0.717) is 23.0 Å². The van der Waals surface area contributed by atoms with Gasteiger partial charge in [0.1, 0.15) is 5.75 Å². The Bertz CT molecular complexity index is 1520. The number of ether oxygens (including phenoxy) is 1. The normalized spacial score (nSPS) is 25.1. The highest BCUT2D eigenvalue weighted by atomic mass is 19.2. The van der Waals surface area contributed by atoms with Crippen LogP contribution in [-0.2, 0) is 4.79 Å². The van der Waals surface area contributed by atoms with Crippen molar-refractivity contribution in [3.63, 3.8) is 0 Å². The lowest BCUT2D eigenvalue weighted by Gasteiger charge is -2.37. The smallest absolute Gasteiger partial charge is 0.314 e. The molecule has 3 saturated carbocycles. The number of carbonyl (C=O) groups excluding carboxylic acids is 1. The second-order valence-electron chi connectivity index (χ2n) is 15.2. The van der Waals surface area contributed by atoms with Gasteiger partial charge in [-0.25, -0.2) is 26.3 Å². The maximum absolute atomic E-state index is 13.4. The van der Waals surface area contributed by atoms with Gasteiger partial charge in [-0.05, 0) is 123 Å². The molecule has 3 aliphatic rings. The number of rotatable bonds is 9. The molecule has 51 heavy (non-hydrogen) atoms. The molecule has 0 N–H and O–H groups in total. The predicted molar refractivity (Wildman–Crippen MR) is 189 cm³/mol. The van der Waals surface area contributed by atoms with Crippen LogP contribution in [0.5, 0.6) is 5.75 Å². The lowest BCUT2D eigenvalue weighted by Crippen LogP contribution is -2.30. The molecule has 0 unspecified atom stereocenters. The van der Waals surface area contributed by atoms with Gasteiger partial charge in [0.05, 0.1) is 5.92 Å². The van der Waals surface area contributed by atoms with Gasteiger partial charge in [-0.2, -0.15) is 0 Å². The molecule has 3 aromatic rings. The average Bonchev–Trinajstić information content (AvgIpc) is 3.14. The molecule has 3 aliphatic carbocycles. The van der Waals surface area contributed by atoms with Gasteiger partial charge < -0.3 is 4.74 Å². The van der Waals surface area contributed by atoms with E-state index >= 15 is 0 Å². The molecule has 0 aliphatic heterocycles. The number of halogens is 6.